The quantitative estimate of drug-likeness (QED) is 0.156. The summed E-state index contributed by atoms with van der Waals surface area (Å²) in [5.74, 6) is 3.14. The largest absolute Gasteiger partial charge is 0.492 e. The second-order valence-corrected chi connectivity index (χ2v) is 8.82. The van der Waals surface area contributed by atoms with E-state index in [4.69, 9.17) is 25.4 Å². The number of aromatic nitrogens is 2. The van der Waals surface area contributed by atoms with Crippen molar-refractivity contribution in [2.75, 3.05) is 13.2 Å². The van der Waals surface area contributed by atoms with Gasteiger partial charge in [0, 0.05) is 23.5 Å². The van der Waals surface area contributed by atoms with Gasteiger partial charge in [0.25, 0.3) is 0 Å². The van der Waals surface area contributed by atoms with E-state index in [1.54, 1.807) is 12.4 Å². The van der Waals surface area contributed by atoms with Gasteiger partial charge in [0.05, 0.1) is 13.2 Å². The van der Waals surface area contributed by atoms with Gasteiger partial charge >= 0.3 is 0 Å². The molecule has 0 atom stereocenters. The van der Waals surface area contributed by atoms with Crippen molar-refractivity contribution in [1.29, 1.82) is 0 Å². The summed E-state index contributed by atoms with van der Waals surface area (Å²) in [5, 5.41) is 0. The van der Waals surface area contributed by atoms with E-state index < -0.39 is 0 Å². The minimum Gasteiger partial charge on any atom is -0.492 e. The molecule has 3 heterocycles. The molecule has 0 radical (unpaired) electrons. The standard InChI is InChI=1S/C32H30N6O3/c1-3-39-29-19-21(11-13-23(29)37-31(33)25-9-5-7-17-35-25)27-15-16-28(41-27)22-12-14-24(30(20-22)40-4-2)38-32(34)26-10-6-8-18-36-26/h5-20H,3-4H2,1-2H3,(H2,33,37)(H2,34,38). The van der Waals surface area contributed by atoms with Gasteiger partial charge < -0.3 is 25.4 Å². The van der Waals surface area contributed by atoms with Crippen LogP contribution in [0.5, 0.6) is 11.5 Å². The maximum absolute atomic E-state index is 6.25. The molecular weight excluding hydrogens is 516 g/mol. The van der Waals surface area contributed by atoms with Crippen molar-refractivity contribution in [3.8, 4) is 34.1 Å². The molecule has 0 spiro atoms. The highest BCUT2D eigenvalue weighted by molar-refractivity contribution is 5.98. The predicted octanol–water partition coefficient (Wildman–Crippen LogP) is 6.28. The molecule has 0 bridgehead atoms. The number of rotatable bonds is 10. The lowest BCUT2D eigenvalue weighted by molar-refractivity contribution is 0.341. The van der Waals surface area contributed by atoms with Crippen LogP contribution in [0.1, 0.15) is 25.2 Å². The van der Waals surface area contributed by atoms with Gasteiger partial charge in [-0.05, 0) is 86.6 Å². The third-order valence-corrected chi connectivity index (χ3v) is 6.03. The Labute approximate surface area is 238 Å². The fourth-order valence-corrected chi connectivity index (χ4v) is 4.11. The molecule has 2 aromatic carbocycles. The Kier molecular flexibility index (Phi) is 8.35. The number of furan rings is 1. The van der Waals surface area contributed by atoms with Gasteiger partial charge in [-0.1, -0.05) is 12.1 Å². The number of aliphatic imine (C=N–C) groups is 2. The molecule has 0 saturated carbocycles. The minimum atomic E-state index is 0.305. The van der Waals surface area contributed by atoms with E-state index in [1.807, 2.05) is 98.8 Å². The van der Waals surface area contributed by atoms with Crippen molar-refractivity contribution in [2.24, 2.45) is 21.5 Å². The van der Waals surface area contributed by atoms with Gasteiger partial charge in [-0.2, -0.15) is 0 Å². The van der Waals surface area contributed by atoms with Crippen LogP contribution in [0.2, 0.25) is 0 Å². The number of amidine groups is 2. The Morgan fingerprint density at radius 2 is 1.12 bits per heavy atom. The van der Waals surface area contributed by atoms with Crippen molar-refractivity contribution >= 4 is 23.0 Å². The smallest absolute Gasteiger partial charge is 0.150 e. The van der Waals surface area contributed by atoms with Crippen LogP contribution in [0.15, 0.2) is 112 Å². The summed E-state index contributed by atoms with van der Waals surface area (Å²) in [4.78, 5) is 17.6. The summed E-state index contributed by atoms with van der Waals surface area (Å²) in [6.45, 7) is 4.78. The summed E-state index contributed by atoms with van der Waals surface area (Å²) in [6.07, 6.45) is 3.35. The summed E-state index contributed by atoms with van der Waals surface area (Å²) in [6, 6.07) is 26.1. The summed E-state index contributed by atoms with van der Waals surface area (Å²) < 4.78 is 18.0. The molecule has 9 nitrogen and oxygen atoms in total. The first kappa shape index (κ1) is 27.1. The van der Waals surface area contributed by atoms with Crippen LogP contribution < -0.4 is 20.9 Å². The molecule has 3 aromatic heterocycles. The Hall–Kier alpha value is -5.44. The van der Waals surface area contributed by atoms with Gasteiger partial charge in [-0.15, -0.1) is 0 Å². The molecule has 4 N–H and O–H groups in total. The first-order valence-electron chi connectivity index (χ1n) is 13.2. The van der Waals surface area contributed by atoms with E-state index in [0.29, 0.717) is 70.7 Å². The first-order chi connectivity index (χ1) is 20.1. The number of hydrogen-bond acceptors (Lipinski definition) is 7. The van der Waals surface area contributed by atoms with Crippen molar-refractivity contribution < 1.29 is 13.9 Å². The molecule has 0 aliphatic heterocycles. The average Bonchev–Trinajstić information content (AvgIpc) is 3.50. The van der Waals surface area contributed by atoms with Gasteiger partial charge in [0.2, 0.25) is 0 Å². The number of nitrogens with zero attached hydrogens (tertiary/aromatic N) is 4. The lowest BCUT2D eigenvalue weighted by Gasteiger charge is -2.10. The lowest BCUT2D eigenvalue weighted by Crippen LogP contribution is -2.14. The minimum absolute atomic E-state index is 0.305. The summed E-state index contributed by atoms with van der Waals surface area (Å²) >= 11 is 0. The topological polar surface area (TPSA) is 134 Å². The average molecular weight is 547 g/mol. The molecule has 206 valence electrons. The number of ether oxygens (including phenoxy) is 2. The summed E-state index contributed by atoms with van der Waals surface area (Å²) in [7, 11) is 0. The first-order valence-corrected chi connectivity index (χ1v) is 13.2. The van der Waals surface area contributed by atoms with Gasteiger partial charge in [0.15, 0.2) is 0 Å². The second-order valence-electron chi connectivity index (χ2n) is 8.82. The third kappa shape index (κ3) is 6.42. The zero-order valence-corrected chi connectivity index (χ0v) is 22.8. The maximum atomic E-state index is 6.25. The third-order valence-electron chi connectivity index (χ3n) is 6.03. The number of hydrogen-bond donors (Lipinski definition) is 2. The highest BCUT2D eigenvalue weighted by Crippen LogP contribution is 2.38. The maximum Gasteiger partial charge on any atom is 0.150 e. The number of nitrogens with two attached hydrogens (primary N) is 2. The van der Waals surface area contributed by atoms with Crippen LogP contribution in [0.3, 0.4) is 0 Å². The molecule has 41 heavy (non-hydrogen) atoms. The van der Waals surface area contributed by atoms with Crippen molar-refractivity contribution in [1.82, 2.24) is 9.97 Å². The molecule has 0 saturated heterocycles. The van der Waals surface area contributed by atoms with Crippen molar-refractivity contribution in [3.05, 3.63) is 109 Å². The van der Waals surface area contributed by atoms with Crippen molar-refractivity contribution in [2.45, 2.75) is 13.8 Å². The molecule has 0 unspecified atom stereocenters. The molecule has 9 heteroatoms. The fourth-order valence-electron chi connectivity index (χ4n) is 4.11. The molecule has 0 fully saturated rings. The predicted molar refractivity (Wildman–Crippen MR) is 161 cm³/mol. The number of pyridine rings is 2. The zero-order chi connectivity index (χ0) is 28.6. The Morgan fingerprint density at radius 1 is 0.659 bits per heavy atom. The van der Waals surface area contributed by atoms with E-state index in [9.17, 15) is 0 Å². The van der Waals surface area contributed by atoms with E-state index in [-0.39, 0.29) is 0 Å². The zero-order valence-electron chi connectivity index (χ0n) is 22.8. The molecule has 5 aromatic rings. The highest BCUT2D eigenvalue weighted by Gasteiger charge is 2.14. The SMILES string of the molecule is CCOc1cc(-c2ccc(-c3ccc(N=C(N)c4ccccn4)c(OCC)c3)o2)ccc1N=C(N)c1ccccn1. The monoisotopic (exact) mass is 546 g/mol. The Morgan fingerprint density at radius 3 is 1.51 bits per heavy atom. The van der Waals surface area contributed by atoms with Gasteiger partial charge in [0.1, 0.15) is 57.5 Å². The molecule has 5 rings (SSSR count). The Bertz CT molecular complexity index is 1560. The van der Waals surface area contributed by atoms with Gasteiger partial charge in [-0.3, -0.25) is 9.97 Å². The van der Waals surface area contributed by atoms with E-state index in [1.165, 1.54) is 0 Å². The van der Waals surface area contributed by atoms with Crippen LogP contribution >= 0.6 is 0 Å². The highest BCUT2D eigenvalue weighted by atomic mass is 16.5. The van der Waals surface area contributed by atoms with E-state index in [0.717, 1.165) is 11.1 Å². The van der Waals surface area contributed by atoms with Gasteiger partial charge in [-0.25, -0.2) is 9.98 Å². The van der Waals surface area contributed by atoms with E-state index in [2.05, 4.69) is 20.0 Å². The fraction of sp³-hybridized carbons (Fsp3) is 0.125. The molecule has 0 aliphatic carbocycles. The molecular formula is C32H30N6O3. The Balaban J connectivity index is 1.43. The van der Waals surface area contributed by atoms with E-state index >= 15 is 0 Å². The number of benzene rings is 2. The summed E-state index contributed by atoms with van der Waals surface area (Å²) in [5.41, 5.74) is 16.5. The van der Waals surface area contributed by atoms with Crippen molar-refractivity contribution in [3.63, 3.8) is 0 Å². The van der Waals surface area contributed by atoms with Crippen LogP contribution in [0.25, 0.3) is 22.6 Å². The normalized spacial score (nSPS) is 11.9. The molecule has 0 aliphatic rings. The van der Waals surface area contributed by atoms with Crippen LogP contribution in [0, 0.1) is 0 Å². The molecule has 0 amide bonds. The van der Waals surface area contributed by atoms with Crippen LogP contribution in [0.4, 0.5) is 11.4 Å². The lowest BCUT2D eigenvalue weighted by atomic mass is 10.1. The van der Waals surface area contributed by atoms with Crippen LogP contribution in [-0.4, -0.2) is 34.9 Å². The second kappa shape index (κ2) is 12.6. The van der Waals surface area contributed by atoms with Crippen LogP contribution in [-0.2, 0) is 0 Å².